The number of aromatic nitrogens is 1. The number of carbonyl (C=O) groups is 1. The number of anilines is 1. The van der Waals surface area contributed by atoms with Gasteiger partial charge in [0.05, 0.1) is 36.2 Å². The van der Waals surface area contributed by atoms with Gasteiger partial charge >= 0.3 is 0 Å². The molecule has 114 valence electrons. The molecule has 1 amide bonds. The van der Waals surface area contributed by atoms with E-state index in [1.54, 1.807) is 12.4 Å². The molecule has 2 fully saturated rings. The number of nitrogens with one attached hydrogen (secondary N) is 1. The maximum Gasteiger partial charge on any atom is 0.256 e. The Hall–Kier alpha value is -1.62. The number of pyridine rings is 1. The van der Waals surface area contributed by atoms with E-state index < -0.39 is 0 Å². The Bertz CT molecular complexity index is 506. The highest BCUT2D eigenvalue weighted by atomic mass is 16.5. The molecule has 2 atom stereocenters. The van der Waals surface area contributed by atoms with Gasteiger partial charge < -0.3 is 15.0 Å². The zero-order chi connectivity index (χ0) is 14.7. The van der Waals surface area contributed by atoms with E-state index in [1.165, 1.54) is 0 Å². The van der Waals surface area contributed by atoms with Gasteiger partial charge in [-0.1, -0.05) is 6.92 Å². The fourth-order valence-electron chi connectivity index (χ4n) is 3.31. The first-order valence-corrected chi connectivity index (χ1v) is 7.91. The third kappa shape index (κ3) is 2.88. The van der Waals surface area contributed by atoms with Crippen molar-refractivity contribution in [2.75, 3.05) is 25.0 Å². The van der Waals surface area contributed by atoms with Crippen LogP contribution < -0.4 is 5.32 Å². The number of ether oxygens (including phenoxy) is 1. The van der Waals surface area contributed by atoms with E-state index in [-0.39, 0.29) is 18.1 Å². The Morgan fingerprint density at radius 2 is 2.43 bits per heavy atom. The summed E-state index contributed by atoms with van der Waals surface area (Å²) in [5.74, 6) is 0.108. The van der Waals surface area contributed by atoms with Crippen LogP contribution in [-0.4, -0.2) is 47.6 Å². The van der Waals surface area contributed by atoms with Gasteiger partial charge in [0.2, 0.25) is 0 Å². The zero-order valence-electron chi connectivity index (χ0n) is 12.5. The van der Waals surface area contributed by atoms with Gasteiger partial charge in [0.25, 0.3) is 5.91 Å². The van der Waals surface area contributed by atoms with Crippen molar-refractivity contribution >= 4 is 11.6 Å². The number of fused-ring (bicyclic) bond motifs is 1. The number of hydrogen-bond donors (Lipinski definition) is 1. The summed E-state index contributed by atoms with van der Waals surface area (Å²) in [5, 5.41) is 3.30. The highest BCUT2D eigenvalue weighted by Crippen LogP contribution is 2.31. The maximum absolute atomic E-state index is 12.9. The molecule has 21 heavy (non-hydrogen) atoms. The SMILES string of the molecule is CCCNc1cnccc1C(=O)N1CCOC2CCCC21. The Labute approximate surface area is 125 Å². The molecule has 1 aliphatic heterocycles. The number of rotatable bonds is 4. The van der Waals surface area contributed by atoms with Crippen LogP contribution in [0.1, 0.15) is 43.0 Å². The Kier molecular flexibility index (Phi) is 4.39. The second-order valence-corrected chi connectivity index (χ2v) is 5.75. The Morgan fingerprint density at radius 3 is 3.29 bits per heavy atom. The molecule has 1 aromatic heterocycles. The predicted octanol–water partition coefficient (Wildman–Crippen LogP) is 2.30. The van der Waals surface area contributed by atoms with Crippen LogP contribution >= 0.6 is 0 Å². The molecule has 3 rings (SSSR count). The highest BCUT2D eigenvalue weighted by molar-refractivity contribution is 5.99. The molecule has 2 aliphatic rings. The number of hydrogen-bond acceptors (Lipinski definition) is 4. The molecule has 5 nitrogen and oxygen atoms in total. The molecule has 0 radical (unpaired) electrons. The molecule has 1 saturated heterocycles. The summed E-state index contributed by atoms with van der Waals surface area (Å²) in [5.41, 5.74) is 1.57. The molecule has 2 heterocycles. The lowest BCUT2D eigenvalue weighted by Gasteiger charge is -2.38. The van der Waals surface area contributed by atoms with Gasteiger partial charge in [-0.3, -0.25) is 9.78 Å². The Morgan fingerprint density at radius 1 is 1.52 bits per heavy atom. The molecule has 2 unspecified atom stereocenters. The predicted molar refractivity (Wildman–Crippen MR) is 81.4 cm³/mol. The smallest absolute Gasteiger partial charge is 0.256 e. The van der Waals surface area contributed by atoms with Crippen LogP contribution in [0.5, 0.6) is 0 Å². The first kappa shape index (κ1) is 14.3. The van der Waals surface area contributed by atoms with Crippen LogP contribution in [0.3, 0.4) is 0 Å². The van der Waals surface area contributed by atoms with E-state index >= 15 is 0 Å². The van der Waals surface area contributed by atoms with Crippen LogP contribution in [0.15, 0.2) is 18.5 Å². The van der Waals surface area contributed by atoms with E-state index in [2.05, 4.69) is 17.2 Å². The number of morpholine rings is 1. The van der Waals surface area contributed by atoms with E-state index in [9.17, 15) is 4.79 Å². The molecule has 0 aromatic carbocycles. The van der Waals surface area contributed by atoms with Gasteiger partial charge in [-0.25, -0.2) is 0 Å². The first-order valence-electron chi connectivity index (χ1n) is 7.91. The van der Waals surface area contributed by atoms with Crippen LogP contribution in [0.4, 0.5) is 5.69 Å². The fourth-order valence-corrected chi connectivity index (χ4v) is 3.31. The zero-order valence-corrected chi connectivity index (χ0v) is 12.5. The molecule has 1 aromatic rings. The van der Waals surface area contributed by atoms with Crippen LogP contribution in [0.25, 0.3) is 0 Å². The third-order valence-corrected chi connectivity index (χ3v) is 4.36. The van der Waals surface area contributed by atoms with Crippen molar-refractivity contribution in [3.05, 3.63) is 24.0 Å². The van der Waals surface area contributed by atoms with Gasteiger partial charge in [-0.2, -0.15) is 0 Å². The monoisotopic (exact) mass is 289 g/mol. The second kappa shape index (κ2) is 6.43. The fraction of sp³-hybridized carbons (Fsp3) is 0.625. The molecule has 5 heteroatoms. The van der Waals surface area contributed by atoms with Gasteiger partial charge in [-0.15, -0.1) is 0 Å². The van der Waals surface area contributed by atoms with Crippen molar-refractivity contribution in [3.8, 4) is 0 Å². The van der Waals surface area contributed by atoms with Crippen molar-refractivity contribution in [3.63, 3.8) is 0 Å². The van der Waals surface area contributed by atoms with Gasteiger partial charge in [0.1, 0.15) is 0 Å². The summed E-state index contributed by atoms with van der Waals surface area (Å²) >= 11 is 0. The van der Waals surface area contributed by atoms with Crippen molar-refractivity contribution in [2.24, 2.45) is 0 Å². The average Bonchev–Trinajstić information content (AvgIpc) is 3.01. The summed E-state index contributed by atoms with van der Waals surface area (Å²) in [4.78, 5) is 19.1. The lowest BCUT2D eigenvalue weighted by Crippen LogP contribution is -2.51. The van der Waals surface area contributed by atoms with Crippen LogP contribution in [0.2, 0.25) is 0 Å². The van der Waals surface area contributed by atoms with Gasteiger partial charge in [-0.05, 0) is 31.7 Å². The standard InChI is InChI=1S/C16H23N3O2/c1-2-7-18-13-11-17-8-6-12(13)16(20)19-9-10-21-15-5-3-4-14(15)19/h6,8,11,14-15,18H,2-5,7,9-10H2,1H3. The summed E-state index contributed by atoms with van der Waals surface area (Å²) in [7, 11) is 0. The van der Waals surface area contributed by atoms with Crippen LogP contribution in [-0.2, 0) is 4.74 Å². The van der Waals surface area contributed by atoms with E-state index in [4.69, 9.17) is 4.74 Å². The van der Waals surface area contributed by atoms with Crippen LogP contribution in [0, 0.1) is 0 Å². The molecule has 1 N–H and O–H groups in total. The molecule has 0 spiro atoms. The number of carbonyl (C=O) groups excluding carboxylic acids is 1. The molecule has 1 aliphatic carbocycles. The minimum Gasteiger partial charge on any atom is -0.383 e. The quantitative estimate of drug-likeness (QED) is 0.924. The number of nitrogens with zero attached hydrogens (tertiary/aromatic N) is 2. The summed E-state index contributed by atoms with van der Waals surface area (Å²) in [6.07, 6.45) is 7.97. The Balaban J connectivity index is 1.81. The first-order chi connectivity index (χ1) is 10.3. The number of amides is 1. The average molecular weight is 289 g/mol. The van der Waals surface area contributed by atoms with Crippen molar-refractivity contribution < 1.29 is 9.53 Å². The van der Waals surface area contributed by atoms with Gasteiger partial charge in [0, 0.05) is 19.3 Å². The minimum atomic E-state index is 0.108. The summed E-state index contributed by atoms with van der Waals surface area (Å²) < 4.78 is 5.79. The second-order valence-electron chi connectivity index (χ2n) is 5.75. The lowest BCUT2D eigenvalue weighted by molar-refractivity contribution is -0.0445. The van der Waals surface area contributed by atoms with E-state index in [0.29, 0.717) is 13.2 Å². The van der Waals surface area contributed by atoms with E-state index in [0.717, 1.165) is 43.5 Å². The minimum absolute atomic E-state index is 0.108. The van der Waals surface area contributed by atoms with E-state index in [1.807, 2.05) is 11.0 Å². The summed E-state index contributed by atoms with van der Waals surface area (Å²) in [6, 6.07) is 2.07. The largest absolute Gasteiger partial charge is 0.383 e. The highest BCUT2D eigenvalue weighted by Gasteiger charge is 2.39. The third-order valence-electron chi connectivity index (χ3n) is 4.36. The maximum atomic E-state index is 12.9. The van der Waals surface area contributed by atoms with Crippen molar-refractivity contribution in [1.29, 1.82) is 0 Å². The lowest BCUT2D eigenvalue weighted by atomic mass is 10.1. The molecular weight excluding hydrogens is 266 g/mol. The molecular formula is C16H23N3O2. The van der Waals surface area contributed by atoms with Gasteiger partial charge in [0.15, 0.2) is 0 Å². The molecule has 0 bridgehead atoms. The molecule has 1 saturated carbocycles. The summed E-state index contributed by atoms with van der Waals surface area (Å²) in [6.45, 7) is 4.29. The normalized spacial score (nSPS) is 24.7. The van der Waals surface area contributed by atoms with Crippen molar-refractivity contribution in [1.82, 2.24) is 9.88 Å². The van der Waals surface area contributed by atoms with Crippen molar-refractivity contribution in [2.45, 2.75) is 44.8 Å². The topological polar surface area (TPSA) is 54.5 Å².